The van der Waals surface area contributed by atoms with E-state index in [0.29, 0.717) is 23.1 Å². The molecular formula is C11H6N3. The third kappa shape index (κ3) is 1.42. The Morgan fingerprint density at radius 3 is 2.00 bits per heavy atom. The van der Waals surface area contributed by atoms with E-state index in [4.69, 9.17) is 15.8 Å². The van der Waals surface area contributed by atoms with Crippen LogP contribution in [0.15, 0.2) is 12.1 Å². The van der Waals surface area contributed by atoms with Gasteiger partial charge in [-0.15, -0.1) is 0 Å². The van der Waals surface area contributed by atoms with Crippen LogP contribution < -0.4 is 0 Å². The highest BCUT2D eigenvalue weighted by atomic mass is 14.3. The molecule has 0 spiro atoms. The van der Waals surface area contributed by atoms with E-state index in [0.717, 1.165) is 0 Å². The van der Waals surface area contributed by atoms with Crippen molar-refractivity contribution in [2.24, 2.45) is 0 Å². The monoisotopic (exact) mass is 180 g/mol. The molecule has 3 heteroatoms. The summed E-state index contributed by atoms with van der Waals surface area (Å²) in [6.45, 7) is 3.64. The minimum Gasteiger partial charge on any atom is -0.192 e. The Balaban J connectivity index is 3.58. The van der Waals surface area contributed by atoms with Crippen LogP contribution in [0.4, 0.5) is 0 Å². The summed E-state index contributed by atoms with van der Waals surface area (Å²) in [6.07, 6.45) is 0.335. The Bertz CT molecular complexity index is 481. The van der Waals surface area contributed by atoms with Gasteiger partial charge in [-0.2, -0.15) is 15.8 Å². The normalized spacial score (nSPS) is 8.43. The molecule has 0 saturated carbocycles. The van der Waals surface area contributed by atoms with Crippen molar-refractivity contribution in [1.29, 1.82) is 15.8 Å². The Morgan fingerprint density at radius 1 is 1.00 bits per heavy atom. The van der Waals surface area contributed by atoms with Gasteiger partial charge < -0.3 is 0 Å². The zero-order chi connectivity index (χ0) is 10.6. The van der Waals surface area contributed by atoms with Crippen LogP contribution in [0.2, 0.25) is 0 Å². The van der Waals surface area contributed by atoms with E-state index >= 15 is 0 Å². The molecule has 0 aliphatic heterocycles. The van der Waals surface area contributed by atoms with E-state index in [2.05, 4.69) is 6.92 Å². The molecule has 3 nitrogen and oxygen atoms in total. The van der Waals surface area contributed by atoms with Crippen molar-refractivity contribution in [3.63, 3.8) is 0 Å². The van der Waals surface area contributed by atoms with Crippen LogP contribution in [0.25, 0.3) is 0 Å². The van der Waals surface area contributed by atoms with Gasteiger partial charge in [-0.3, -0.25) is 0 Å². The second-order valence-electron chi connectivity index (χ2n) is 2.60. The molecule has 0 atom stereocenters. The standard InChI is InChI=1S/C11H6N3/c1-2-10-8(5-12)3-4-9(6-13)11(10)7-14/h3-4H,1-2H2. The molecule has 0 unspecified atom stereocenters. The second kappa shape index (κ2) is 4.08. The van der Waals surface area contributed by atoms with Crippen LogP contribution in [0.3, 0.4) is 0 Å². The maximum Gasteiger partial charge on any atom is 0.101 e. The zero-order valence-corrected chi connectivity index (χ0v) is 7.41. The van der Waals surface area contributed by atoms with Gasteiger partial charge in [0.2, 0.25) is 0 Å². The molecule has 14 heavy (non-hydrogen) atoms. The van der Waals surface area contributed by atoms with E-state index < -0.39 is 0 Å². The van der Waals surface area contributed by atoms with Gasteiger partial charge in [0.05, 0.1) is 22.8 Å². The van der Waals surface area contributed by atoms with Crippen LogP contribution in [-0.2, 0) is 6.42 Å². The van der Waals surface area contributed by atoms with E-state index in [1.54, 1.807) is 6.07 Å². The lowest BCUT2D eigenvalue weighted by molar-refractivity contribution is 1.21. The summed E-state index contributed by atoms with van der Waals surface area (Å²) in [7, 11) is 0. The van der Waals surface area contributed by atoms with Crippen molar-refractivity contribution >= 4 is 0 Å². The van der Waals surface area contributed by atoms with Gasteiger partial charge in [0.25, 0.3) is 0 Å². The van der Waals surface area contributed by atoms with E-state index in [-0.39, 0.29) is 5.56 Å². The molecule has 0 amide bonds. The van der Waals surface area contributed by atoms with Crippen LogP contribution in [0.5, 0.6) is 0 Å². The third-order valence-corrected chi connectivity index (χ3v) is 1.92. The highest BCUT2D eigenvalue weighted by Crippen LogP contribution is 2.18. The fourth-order valence-electron chi connectivity index (χ4n) is 1.23. The van der Waals surface area contributed by atoms with Gasteiger partial charge >= 0.3 is 0 Å². The van der Waals surface area contributed by atoms with Crippen LogP contribution in [0, 0.1) is 40.9 Å². The van der Waals surface area contributed by atoms with Crippen LogP contribution in [-0.4, -0.2) is 0 Å². The zero-order valence-electron chi connectivity index (χ0n) is 7.41. The van der Waals surface area contributed by atoms with Gasteiger partial charge in [-0.25, -0.2) is 0 Å². The lowest BCUT2D eigenvalue weighted by Crippen LogP contribution is -1.96. The van der Waals surface area contributed by atoms with Crippen molar-refractivity contribution in [2.45, 2.75) is 6.42 Å². The van der Waals surface area contributed by atoms with E-state index in [9.17, 15) is 0 Å². The van der Waals surface area contributed by atoms with E-state index in [1.165, 1.54) is 6.07 Å². The molecule has 65 valence electrons. The average molecular weight is 180 g/mol. The minimum atomic E-state index is 0.265. The molecule has 1 rings (SSSR count). The fraction of sp³-hybridized carbons (Fsp3) is 0.0909. The number of nitriles is 3. The number of hydrogen-bond donors (Lipinski definition) is 0. The number of hydrogen-bond acceptors (Lipinski definition) is 3. The van der Waals surface area contributed by atoms with Crippen LogP contribution >= 0.6 is 0 Å². The summed E-state index contributed by atoms with van der Waals surface area (Å²) in [5.41, 5.74) is 1.52. The molecule has 0 N–H and O–H groups in total. The summed E-state index contributed by atoms with van der Waals surface area (Å²) in [6, 6.07) is 8.84. The Morgan fingerprint density at radius 2 is 1.57 bits per heavy atom. The summed E-state index contributed by atoms with van der Waals surface area (Å²) in [5.74, 6) is 0. The second-order valence-corrected chi connectivity index (χ2v) is 2.60. The molecule has 0 fully saturated rings. The molecule has 0 saturated heterocycles. The van der Waals surface area contributed by atoms with Gasteiger partial charge in [-0.1, -0.05) is 0 Å². The average Bonchev–Trinajstić information content (AvgIpc) is 2.26. The minimum absolute atomic E-state index is 0.265. The molecule has 0 aliphatic carbocycles. The SMILES string of the molecule is [CH2]Cc1c(C#N)ccc(C#N)c1C#N. The molecule has 1 radical (unpaired) electrons. The van der Waals surface area contributed by atoms with Crippen molar-refractivity contribution in [3.8, 4) is 18.2 Å². The summed E-state index contributed by atoms with van der Waals surface area (Å²) >= 11 is 0. The van der Waals surface area contributed by atoms with E-state index in [1.807, 2.05) is 18.2 Å². The van der Waals surface area contributed by atoms with Gasteiger partial charge in [0.15, 0.2) is 0 Å². The molecule has 0 heterocycles. The van der Waals surface area contributed by atoms with Gasteiger partial charge in [0, 0.05) is 0 Å². The first-order valence-electron chi connectivity index (χ1n) is 3.94. The first kappa shape index (κ1) is 9.78. The molecule has 1 aromatic rings. The summed E-state index contributed by atoms with van der Waals surface area (Å²) in [4.78, 5) is 0. The first-order chi connectivity index (χ1) is 6.78. The lowest BCUT2D eigenvalue weighted by Gasteiger charge is -2.03. The lowest BCUT2D eigenvalue weighted by atomic mass is 9.96. The van der Waals surface area contributed by atoms with Crippen molar-refractivity contribution in [2.75, 3.05) is 0 Å². The van der Waals surface area contributed by atoms with Crippen molar-refractivity contribution in [1.82, 2.24) is 0 Å². The van der Waals surface area contributed by atoms with Crippen LogP contribution in [0.1, 0.15) is 22.3 Å². The predicted molar refractivity (Wildman–Crippen MR) is 49.6 cm³/mol. The summed E-state index contributed by atoms with van der Waals surface area (Å²) in [5, 5.41) is 26.3. The van der Waals surface area contributed by atoms with Gasteiger partial charge in [0.1, 0.15) is 12.1 Å². The van der Waals surface area contributed by atoms with Crippen molar-refractivity contribution < 1.29 is 0 Å². The Hall–Kier alpha value is -2.31. The molecule has 1 aromatic carbocycles. The Kier molecular flexibility index (Phi) is 2.85. The highest BCUT2D eigenvalue weighted by molar-refractivity contribution is 5.56. The summed E-state index contributed by atoms with van der Waals surface area (Å²) < 4.78 is 0. The molecule has 0 aliphatic rings. The number of nitrogens with zero attached hydrogens (tertiary/aromatic N) is 3. The topological polar surface area (TPSA) is 71.4 Å². The Labute approximate surface area is 82.4 Å². The maximum absolute atomic E-state index is 8.84. The third-order valence-electron chi connectivity index (χ3n) is 1.92. The largest absolute Gasteiger partial charge is 0.192 e. The first-order valence-corrected chi connectivity index (χ1v) is 3.94. The molecule has 0 aromatic heterocycles. The number of benzene rings is 1. The predicted octanol–water partition coefficient (Wildman–Crippen LogP) is 1.68. The smallest absolute Gasteiger partial charge is 0.101 e. The highest BCUT2D eigenvalue weighted by Gasteiger charge is 2.10. The van der Waals surface area contributed by atoms with Crippen molar-refractivity contribution in [3.05, 3.63) is 41.3 Å². The molecule has 0 bridgehead atoms. The number of rotatable bonds is 1. The molecular weight excluding hydrogens is 174 g/mol. The quantitative estimate of drug-likeness (QED) is 0.660. The van der Waals surface area contributed by atoms with Gasteiger partial charge in [-0.05, 0) is 31.0 Å². The fourth-order valence-corrected chi connectivity index (χ4v) is 1.23. The maximum atomic E-state index is 8.84.